The molecule has 1 aliphatic carbocycles. The Morgan fingerprint density at radius 3 is 2.68 bits per heavy atom. The largest absolute Gasteiger partial charge is 0.497 e. The zero-order valence-electron chi connectivity index (χ0n) is 17.8. The zero-order chi connectivity index (χ0) is 21.5. The first-order valence-corrected chi connectivity index (χ1v) is 11.8. The van der Waals surface area contributed by atoms with E-state index in [1.54, 1.807) is 7.11 Å². The lowest BCUT2D eigenvalue weighted by atomic mass is 9.95. The average molecular weight is 437 g/mol. The molecule has 0 bridgehead atoms. The standard InChI is InChI=1S/C24H28N4O2S/c1-30-21-14-8-11-19(15-21)25-16-23-26-27-24(28(23)20-12-6-3-7-13-20)31-17-22(29)18-9-4-2-5-10-18/h2,4-5,8-11,14-15,20,25H,3,6-7,12-13,16-17H2,1H3. The number of ether oxygens (including phenoxy) is 1. The molecule has 162 valence electrons. The van der Waals surface area contributed by atoms with Crippen LogP contribution in [0.5, 0.6) is 5.75 Å². The van der Waals surface area contributed by atoms with Crippen molar-refractivity contribution in [2.45, 2.75) is 49.8 Å². The van der Waals surface area contributed by atoms with Crippen molar-refractivity contribution in [3.05, 3.63) is 66.0 Å². The molecule has 0 saturated heterocycles. The molecule has 1 saturated carbocycles. The monoisotopic (exact) mass is 436 g/mol. The van der Waals surface area contributed by atoms with Gasteiger partial charge in [-0.2, -0.15) is 0 Å². The Kier molecular flexibility index (Phi) is 7.25. The molecule has 0 unspecified atom stereocenters. The van der Waals surface area contributed by atoms with Gasteiger partial charge in [0.1, 0.15) is 5.75 Å². The fourth-order valence-corrected chi connectivity index (χ4v) is 4.90. The van der Waals surface area contributed by atoms with Gasteiger partial charge >= 0.3 is 0 Å². The van der Waals surface area contributed by atoms with Crippen molar-refractivity contribution >= 4 is 23.2 Å². The number of aromatic nitrogens is 3. The number of rotatable bonds is 9. The van der Waals surface area contributed by atoms with Gasteiger partial charge in [0, 0.05) is 23.4 Å². The summed E-state index contributed by atoms with van der Waals surface area (Å²) in [6.07, 6.45) is 5.98. The van der Waals surface area contributed by atoms with Crippen LogP contribution >= 0.6 is 11.8 Å². The highest BCUT2D eigenvalue weighted by molar-refractivity contribution is 7.99. The van der Waals surface area contributed by atoms with Crippen LogP contribution in [0.25, 0.3) is 0 Å². The van der Waals surface area contributed by atoms with E-state index in [4.69, 9.17) is 4.74 Å². The molecule has 0 spiro atoms. The van der Waals surface area contributed by atoms with Gasteiger partial charge in [-0.05, 0) is 25.0 Å². The molecule has 0 amide bonds. The maximum atomic E-state index is 12.6. The first-order valence-electron chi connectivity index (χ1n) is 10.8. The van der Waals surface area contributed by atoms with Crippen LogP contribution in [0.2, 0.25) is 0 Å². The second-order valence-electron chi connectivity index (χ2n) is 7.72. The predicted molar refractivity (Wildman–Crippen MR) is 124 cm³/mol. The Morgan fingerprint density at radius 2 is 1.90 bits per heavy atom. The van der Waals surface area contributed by atoms with Gasteiger partial charge in [-0.1, -0.05) is 67.4 Å². The third kappa shape index (κ3) is 5.47. The topological polar surface area (TPSA) is 69.0 Å². The minimum atomic E-state index is 0.111. The van der Waals surface area contributed by atoms with Gasteiger partial charge in [-0.15, -0.1) is 10.2 Å². The molecular formula is C24H28N4O2S. The summed E-state index contributed by atoms with van der Waals surface area (Å²) in [6.45, 7) is 0.573. The molecule has 0 atom stereocenters. The highest BCUT2D eigenvalue weighted by Crippen LogP contribution is 2.33. The summed E-state index contributed by atoms with van der Waals surface area (Å²) in [5.41, 5.74) is 1.71. The molecule has 0 radical (unpaired) electrons. The highest BCUT2D eigenvalue weighted by atomic mass is 32.2. The molecule has 31 heavy (non-hydrogen) atoms. The number of methoxy groups -OCH3 is 1. The van der Waals surface area contributed by atoms with E-state index in [0.29, 0.717) is 18.3 Å². The number of benzene rings is 2. The van der Waals surface area contributed by atoms with Crippen molar-refractivity contribution in [1.29, 1.82) is 0 Å². The fourth-order valence-electron chi connectivity index (χ4n) is 3.98. The van der Waals surface area contributed by atoms with E-state index in [9.17, 15) is 4.79 Å². The smallest absolute Gasteiger partial charge is 0.191 e. The number of ketones is 1. The molecule has 1 fully saturated rings. The maximum absolute atomic E-state index is 12.6. The van der Waals surface area contributed by atoms with E-state index >= 15 is 0 Å². The van der Waals surface area contributed by atoms with Gasteiger partial charge in [0.2, 0.25) is 0 Å². The van der Waals surface area contributed by atoms with E-state index < -0.39 is 0 Å². The van der Waals surface area contributed by atoms with E-state index in [2.05, 4.69) is 20.1 Å². The summed E-state index contributed by atoms with van der Waals surface area (Å²) in [5, 5.41) is 13.2. The van der Waals surface area contributed by atoms with Gasteiger partial charge in [-0.25, -0.2) is 0 Å². The van der Waals surface area contributed by atoms with E-state index in [0.717, 1.165) is 40.8 Å². The van der Waals surface area contributed by atoms with Crippen LogP contribution in [0, 0.1) is 0 Å². The number of hydrogen-bond acceptors (Lipinski definition) is 6. The number of carbonyl (C=O) groups is 1. The van der Waals surface area contributed by atoms with Crippen LogP contribution in [0.1, 0.15) is 54.3 Å². The van der Waals surface area contributed by atoms with Crippen molar-refractivity contribution in [3.63, 3.8) is 0 Å². The summed E-state index contributed by atoms with van der Waals surface area (Å²) in [6, 6.07) is 17.7. The summed E-state index contributed by atoms with van der Waals surface area (Å²) < 4.78 is 7.57. The minimum absolute atomic E-state index is 0.111. The summed E-state index contributed by atoms with van der Waals surface area (Å²) >= 11 is 1.48. The van der Waals surface area contributed by atoms with Gasteiger partial charge in [0.05, 0.1) is 19.4 Å². The normalized spacial score (nSPS) is 14.4. The summed E-state index contributed by atoms with van der Waals surface area (Å²) in [5.74, 6) is 2.19. The van der Waals surface area contributed by atoms with Gasteiger partial charge < -0.3 is 14.6 Å². The van der Waals surface area contributed by atoms with Crippen LogP contribution < -0.4 is 10.1 Å². The molecule has 1 N–H and O–H groups in total. The van der Waals surface area contributed by atoms with Gasteiger partial charge in [-0.3, -0.25) is 4.79 Å². The van der Waals surface area contributed by atoms with E-state index in [1.165, 1.54) is 31.0 Å². The number of anilines is 1. The molecular weight excluding hydrogens is 408 g/mol. The first kappa shape index (κ1) is 21.4. The van der Waals surface area contributed by atoms with Crippen LogP contribution in [-0.2, 0) is 6.54 Å². The van der Waals surface area contributed by atoms with Crippen LogP contribution in [0.4, 0.5) is 5.69 Å². The summed E-state index contributed by atoms with van der Waals surface area (Å²) in [7, 11) is 1.67. The second-order valence-corrected chi connectivity index (χ2v) is 8.67. The molecule has 1 aromatic heterocycles. The molecule has 2 aromatic carbocycles. The Balaban J connectivity index is 1.50. The lowest BCUT2D eigenvalue weighted by molar-refractivity contribution is 0.102. The average Bonchev–Trinajstić information content (AvgIpc) is 3.25. The lowest BCUT2D eigenvalue weighted by Gasteiger charge is -2.25. The van der Waals surface area contributed by atoms with Gasteiger partial charge in [0.15, 0.2) is 16.8 Å². The highest BCUT2D eigenvalue weighted by Gasteiger charge is 2.23. The van der Waals surface area contributed by atoms with Crippen molar-refractivity contribution in [2.24, 2.45) is 0 Å². The second kappa shape index (κ2) is 10.5. The molecule has 4 rings (SSSR count). The first-order chi connectivity index (χ1) is 15.2. The van der Waals surface area contributed by atoms with E-state index in [-0.39, 0.29) is 5.78 Å². The molecule has 0 aliphatic heterocycles. The lowest BCUT2D eigenvalue weighted by Crippen LogP contribution is -2.18. The molecule has 1 aliphatic rings. The molecule has 7 heteroatoms. The Labute approximate surface area is 187 Å². The van der Waals surface area contributed by atoms with E-state index in [1.807, 2.05) is 54.6 Å². The Hall–Kier alpha value is -2.80. The van der Waals surface area contributed by atoms with Gasteiger partial charge in [0.25, 0.3) is 0 Å². The van der Waals surface area contributed by atoms with Crippen molar-refractivity contribution in [1.82, 2.24) is 14.8 Å². The zero-order valence-corrected chi connectivity index (χ0v) is 18.6. The molecule has 3 aromatic rings. The van der Waals surface area contributed by atoms with Crippen LogP contribution in [-0.4, -0.2) is 33.4 Å². The molecule has 1 heterocycles. The van der Waals surface area contributed by atoms with Crippen LogP contribution in [0.3, 0.4) is 0 Å². The van der Waals surface area contributed by atoms with Crippen molar-refractivity contribution < 1.29 is 9.53 Å². The number of hydrogen-bond donors (Lipinski definition) is 1. The summed E-state index contributed by atoms with van der Waals surface area (Å²) in [4.78, 5) is 12.6. The Bertz CT molecular complexity index is 1000. The third-order valence-electron chi connectivity index (χ3n) is 5.62. The molecule has 6 nitrogen and oxygen atoms in total. The number of nitrogens with zero attached hydrogens (tertiary/aromatic N) is 3. The Morgan fingerprint density at radius 1 is 1.10 bits per heavy atom. The minimum Gasteiger partial charge on any atom is -0.497 e. The third-order valence-corrected chi connectivity index (χ3v) is 6.57. The van der Waals surface area contributed by atoms with Crippen molar-refractivity contribution in [2.75, 3.05) is 18.2 Å². The SMILES string of the molecule is COc1cccc(NCc2nnc(SCC(=O)c3ccccc3)n2C2CCCCC2)c1. The quantitative estimate of drug-likeness (QED) is 0.359. The predicted octanol–water partition coefficient (Wildman–Crippen LogP) is 5.38. The van der Waals surface area contributed by atoms with Crippen molar-refractivity contribution in [3.8, 4) is 5.75 Å². The number of thioether (sulfide) groups is 1. The van der Waals surface area contributed by atoms with Crippen LogP contribution in [0.15, 0.2) is 59.8 Å². The number of carbonyl (C=O) groups excluding carboxylic acids is 1. The number of nitrogens with one attached hydrogen (secondary N) is 1. The fraction of sp³-hybridized carbons (Fsp3) is 0.375. The number of Topliss-reactive ketones (excluding diaryl/α,β-unsaturated/α-hetero) is 1. The maximum Gasteiger partial charge on any atom is 0.191 e.